The monoisotopic (exact) mass is 267 g/mol. The van der Waals surface area contributed by atoms with Gasteiger partial charge in [-0.1, -0.05) is 6.42 Å². The number of nitrogens with one attached hydrogen (secondary N) is 1. The smallest absolute Gasteiger partial charge is 0.263 e. The molecule has 1 N–H and O–H groups in total. The number of hydrogen-bond donors (Lipinski definition) is 1. The third-order valence-electron chi connectivity index (χ3n) is 3.47. The molecule has 18 heavy (non-hydrogen) atoms. The van der Waals surface area contributed by atoms with Gasteiger partial charge in [0.05, 0.1) is 11.2 Å². The van der Waals surface area contributed by atoms with Crippen molar-refractivity contribution in [1.82, 2.24) is 15.2 Å². The number of hydrogen-bond acceptors (Lipinski definition) is 4. The van der Waals surface area contributed by atoms with Gasteiger partial charge in [0.1, 0.15) is 4.88 Å². The minimum atomic E-state index is 0.00487. The molecule has 0 aromatic carbocycles. The van der Waals surface area contributed by atoms with Crippen molar-refractivity contribution >= 4 is 17.2 Å². The van der Waals surface area contributed by atoms with E-state index < -0.39 is 0 Å². The number of carbonyl (C=O) groups excluding carboxylic acids is 1. The maximum absolute atomic E-state index is 11.8. The first-order valence-electron chi connectivity index (χ1n) is 6.61. The number of thiazole rings is 1. The van der Waals surface area contributed by atoms with E-state index in [0.29, 0.717) is 10.9 Å². The first-order valence-corrected chi connectivity index (χ1v) is 7.43. The summed E-state index contributed by atoms with van der Waals surface area (Å²) in [5.41, 5.74) is 0. The van der Waals surface area contributed by atoms with Gasteiger partial charge in [0.15, 0.2) is 0 Å². The lowest BCUT2D eigenvalue weighted by molar-refractivity contribution is 0.0942. The molecule has 4 nitrogen and oxygen atoms in total. The molecular formula is C13H21N3OS. The van der Waals surface area contributed by atoms with Gasteiger partial charge in [-0.05, 0) is 33.2 Å². The van der Waals surface area contributed by atoms with Gasteiger partial charge in [0.2, 0.25) is 0 Å². The highest BCUT2D eigenvalue weighted by molar-refractivity contribution is 7.13. The highest BCUT2D eigenvalue weighted by Crippen LogP contribution is 2.15. The average molecular weight is 267 g/mol. The van der Waals surface area contributed by atoms with Crippen LogP contribution in [0.1, 0.15) is 40.9 Å². The van der Waals surface area contributed by atoms with Gasteiger partial charge in [-0.15, -0.1) is 11.3 Å². The van der Waals surface area contributed by atoms with Crippen LogP contribution in [-0.4, -0.2) is 41.5 Å². The fourth-order valence-electron chi connectivity index (χ4n) is 2.36. The number of aryl methyl sites for hydroxylation is 1. The van der Waals surface area contributed by atoms with Crippen LogP contribution < -0.4 is 5.32 Å². The summed E-state index contributed by atoms with van der Waals surface area (Å²) in [7, 11) is 0. The maximum atomic E-state index is 11.8. The summed E-state index contributed by atoms with van der Waals surface area (Å²) in [5.74, 6) is 0.00487. The lowest BCUT2D eigenvalue weighted by atomic mass is 10.0. The van der Waals surface area contributed by atoms with Crippen LogP contribution in [0.3, 0.4) is 0 Å². The lowest BCUT2D eigenvalue weighted by Gasteiger charge is -2.33. The Morgan fingerprint density at radius 3 is 3.11 bits per heavy atom. The number of carbonyl (C=O) groups is 1. The van der Waals surface area contributed by atoms with Crippen molar-refractivity contribution in [2.45, 2.75) is 39.2 Å². The number of amides is 1. The second kappa shape index (κ2) is 6.29. The van der Waals surface area contributed by atoms with E-state index in [1.807, 2.05) is 6.92 Å². The summed E-state index contributed by atoms with van der Waals surface area (Å²) in [5, 5.41) is 3.90. The molecule has 0 bridgehead atoms. The van der Waals surface area contributed by atoms with E-state index >= 15 is 0 Å². The molecule has 1 atom stereocenters. The lowest BCUT2D eigenvalue weighted by Crippen LogP contribution is -2.42. The van der Waals surface area contributed by atoms with Crippen LogP contribution >= 0.6 is 11.3 Å². The average Bonchev–Trinajstić information content (AvgIpc) is 2.78. The third-order valence-corrected chi connectivity index (χ3v) is 4.38. The Balaban J connectivity index is 1.73. The molecule has 0 saturated carbocycles. The van der Waals surface area contributed by atoms with Crippen molar-refractivity contribution in [1.29, 1.82) is 0 Å². The minimum absolute atomic E-state index is 0.00487. The van der Waals surface area contributed by atoms with E-state index in [4.69, 9.17) is 0 Å². The summed E-state index contributed by atoms with van der Waals surface area (Å²) in [4.78, 5) is 19.1. The third kappa shape index (κ3) is 3.53. The molecule has 1 saturated heterocycles. The molecule has 1 aliphatic heterocycles. The van der Waals surface area contributed by atoms with Crippen LogP contribution in [0.5, 0.6) is 0 Å². The van der Waals surface area contributed by atoms with E-state index in [1.165, 1.54) is 30.6 Å². The van der Waals surface area contributed by atoms with Gasteiger partial charge in [0.25, 0.3) is 5.91 Å². The summed E-state index contributed by atoms with van der Waals surface area (Å²) in [6, 6.07) is 0.654. The molecule has 0 spiro atoms. The molecular weight excluding hydrogens is 246 g/mol. The van der Waals surface area contributed by atoms with Gasteiger partial charge in [-0.25, -0.2) is 4.98 Å². The van der Waals surface area contributed by atoms with E-state index in [2.05, 4.69) is 22.1 Å². The maximum Gasteiger partial charge on any atom is 0.263 e. The Morgan fingerprint density at radius 1 is 1.61 bits per heavy atom. The first kappa shape index (κ1) is 13.5. The summed E-state index contributed by atoms with van der Waals surface area (Å²) >= 11 is 1.45. The highest BCUT2D eigenvalue weighted by Gasteiger charge is 2.17. The van der Waals surface area contributed by atoms with Crippen molar-refractivity contribution in [3.05, 3.63) is 16.1 Å². The fraction of sp³-hybridized carbons (Fsp3) is 0.692. The zero-order chi connectivity index (χ0) is 13.0. The zero-order valence-corrected chi connectivity index (χ0v) is 11.9. The van der Waals surface area contributed by atoms with Crippen LogP contribution in [0.25, 0.3) is 0 Å². The predicted molar refractivity (Wildman–Crippen MR) is 74.1 cm³/mol. The number of rotatable bonds is 4. The molecule has 1 amide bonds. The number of piperidine rings is 1. The number of nitrogens with zero attached hydrogens (tertiary/aromatic N) is 2. The normalized spacial score (nSPS) is 20.9. The number of likely N-dealkylation sites (tertiary alicyclic amines) is 1. The molecule has 2 heterocycles. The van der Waals surface area contributed by atoms with Crippen molar-refractivity contribution in [3.63, 3.8) is 0 Å². The predicted octanol–water partition coefficient (Wildman–Crippen LogP) is 2.06. The van der Waals surface area contributed by atoms with Gasteiger partial charge in [0, 0.05) is 19.1 Å². The summed E-state index contributed by atoms with van der Waals surface area (Å²) < 4.78 is 0. The molecule has 100 valence electrons. The Morgan fingerprint density at radius 2 is 2.44 bits per heavy atom. The second-order valence-electron chi connectivity index (χ2n) is 4.88. The Labute approximate surface area is 112 Å². The fourth-order valence-corrected chi connectivity index (χ4v) is 3.05. The first-order chi connectivity index (χ1) is 8.66. The minimum Gasteiger partial charge on any atom is -0.350 e. The largest absolute Gasteiger partial charge is 0.350 e. The summed E-state index contributed by atoms with van der Waals surface area (Å²) in [6.45, 7) is 7.02. The second-order valence-corrected chi connectivity index (χ2v) is 6.11. The number of aromatic nitrogens is 1. The Kier molecular flexibility index (Phi) is 4.72. The topological polar surface area (TPSA) is 45.2 Å². The molecule has 1 aromatic heterocycles. The highest BCUT2D eigenvalue weighted by atomic mass is 32.1. The van der Waals surface area contributed by atoms with Crippen LogP contribution in [0, 0.1) is 6.92 Å². The van der Waals surface area contributed by atoms with E-state index in [0.717, 1.165) is 24.6 Å². The van der Waals surface area contributed by atoms with E-state index in [9.17, 15) is 4.79 Å². The molecule has 0 radical (unpaired) electrons. The van der Waals surface area contributed by atoms with Crippen LogP contribution in [-0.2, 0) is 0 Å². The van der Waals surface area contributed by atoms with Crippen LogP contribution in [0.15, 0.2) is 6.20 Å². The molecule has 5 heteroatoms. The van der Waals surface area contributed by atoms with E-state index in [-0.39, 0.29) is 5.91 Å². The molecule has 1 aromatic rings. The van der Waals surface area contributed by atoms with Crippen molar-refractivity contribution in [2.24, 2.45) is 0 Å². The van der Waals surface area contributed by atoms with Gasteiger partial charge in [-0.3, -0.25) is 9.69 Å². The Bertz CT molecular complexity index is 405. The molecule has 0 unspecified atom stereocenters. The standard InChI is InChI=1S/C13H21N3OS/c1-10-5-3-4-7-16(10)8-6-14-13(17)12-9-15-11(2)18-12/h9-10H,3-8H2,1-2H3,(H,14,17)/t10-/m1/s1. The van der Waals surface area contributed by atoms with Gasteiger partial charge < -0.3 is 5.32 Å². The quantitative estimate of drug-likeness (QED) is 0.908. The molecule has 1 aliphatic rings. The molecule has 1 fully saturated rings. The van der Waals surface area contributed by atoms with Crippen molar-refractivity contribution < 1.29 is 4.79 Å². The molecule has 0 aliphatic carbocycles. The van der Waals surface area contributed by atoms with Gasteiger partial charge in [-0.2, -0.15) is 0 Å². The SMILES string of the molecule is Cc1ncc(C(=O)NCCN2CCCC[C@H]2C)s1. The van der Waals surface area contributed by atoms with E-state index in [1.54, 1.807) is 6.20 Å². The summed E-state index contributed by atoms with van der Waals surface area (Å²) in [6.07, 6.45) is 5.55. The van der Waals surface area contributed by atoms with Crippen LogP contribution in [0.4, 0.5) is 0 Å². The van der Waals surface area contributed by atoms with Gasteiger partial charge >= 0.3 is 0 Å². The van der Waals surface area contributed by atoms with Crippen LogP contribution in [0.2, 0.25) is 0 Å². The van der Waals surface area contributed by atoms with Crippen molar-refractivity contribution in [3.8, 4) is 0 Å². The molecule has 2 rings (SSSR count). The zero-order valence-electron chi connectivity index (χ0n) is 11.1. The van der Waals surface area contributed by atoms with Crippen molar-refractivity contribution in [2.75, 3.05) is 19.6 Å². The Hall–Kier alpha value is -0.940.